The van der Waals surface area contributed by atoms with E-state index in [1.165, 1.54) is 17.5 Å². The van der Waals surface area contributed by atoms with Crippen molar-refractivity contribution < 1.29 is 4.39 Å². The number of hydrogen-bond acceptors (Lipinski definition) is 2. The van der Waals surface area contributed by atoms with Crippen molar-refractivity contribution in [3.63, 3.8) is 0 Å². The molecule has 5 aromatic carbocycles. The van der Waals surface area contributed by atoms with Crippen LogP contribution in [0.2, 0.25) is 0 Å². The number of fused-ring (bicyclic) bond motifs is 1. The zero-order chi connectivity index (χ0) is 27.3. The molecule has 0 saturated heterocycles. The van der Waals surface area contributed by atoms with Crippen LogP contribution in [0.15, 0.2) is 152 Å². The van der Waals surface area contributed by atoms with Crippen LogP contribution in [0.5, 0.6) is 0 Å². The fourth-order valence-corrected chi connectivity index (χ4v) is 5.15. The van der Waals surface area contributed by atoms with E-state index in [9.17, 15) is 4.39 Å². The molecule has 0 bridgehead atoms. The molecule has 0 fully saturated rings. The number of nitrogens with zero attached hydrogens (tertiary/aromatic N) is 1. The predicted octanol–water partition coefficient (Wildman–Crippen LogP) is 10.4. The number of allylic oxidation sites excluding steroid dienone is 5. The summed E-state index contributed by atoms with van der Waals surface area (Å²) >= 11 is 0. The van der Waals surface area contributed by atoms with Crippen LogP contribution in [0.25, 0.3) is 21.9 Å². The third-order valence-corrected chi connectivity index (χ3v) is 7.45. The van der Waals surface area contributed by atoms with Crippen molar-refractivity contribution in [1.82, 2.24) is 0 Å². The zero-order valence-electron chi connectivity index (χ0n) is 22.4. The molecule has 0 amide bonds. The maximum absolute atomic E-state index is 13.8. The Labute approximate surface area is 235 Å². The molecule has 2 atom stereocenters. The SMILES string of the molecule is CC1C=CC=CC1/C=C\Nc1ccc(-c2ccc(N(c3ccc(F)cc3)c3ccc4ccccc4c3)cc2)cc1. The Kier molecular flexibility index (Phi) is 7.28. The van der Waals surface area contributed by atoms with E-state index >= 15 is 0 Å². The highest BCUT2D eigenvalue weighted by molar-refractivity contribution is 5.89. The Morgan fingerprint density at radius 1 is 0.650 bits per heavy atom. The second-order valence-electron chi connectivity index (χ2n) is 10.2. The molecule has 1 aliphatic carbocycles. The van der Waals surface area contributed by atoms with Crippen LogP contribution in [0.3, 0.4) is 0 Å². The molecule has 40 heavy (non-hydrogen) atoms. The molecular weight excluding hydrogens is 491 g/mol. The van der Waals surface area contributed by atoms with Gasteiger partial charge in [-0.3, -0.25) is 0 Å². The van der Waals surface area contributed by atoms with Gasteiger partial charge in [0.05, 0.1) is 0 Å². The Hall–Kier alpha value is -4.89. The highest BCUT2D eigenvalue weighted by Gasteiger charge is 2.14. The summed E-state index contributed by atoms with van der Waals surface area (Å²) in [6.45, 7) is 2.23. The fraction of sp³-hybridized carbons (Fsp3) is 0.0811. The van der Waals surface area contributed by atoms with E-state index < -0.39 is 0 Å². The molecule has 6 rings (SSSR count). The van der Waals surface area contributed by atoms with E-state index in [1.807, 2.05) is 30.5 Å². The quantitative estimate of drug-likeness (QED) is 0.229. The van der Waals surface area contributed by atoms with E-state index in [0.29, 0.717) is 11.8 Å². The van der Waals surface area contributed by atoms with E-state index in [4.69, 9.17) is 0 Å². The lowest BCUT2D eigenvalue weighted by Gasteiger charge is -2.26. The van der Waals surface area contributed by atoms with Gasteiger partial charge in [0.1, 0.15) is 5.82 Å². The first kappa shape index (κ1) is 25.4. The van der Waals surface area contributed by atoms with Crippen molar-refractivity contribution >= 4 is 33.5 Å². The van der Waals surface area contributed by atoms with E-state index in [1.54, 1.807) is 0 Å². The summed E-state index contributed by atoms with van der Waals surface area (Å²) in [7, 11) is 0. The molecule has 0 radical (unpaired) electrons. The number of anilines is 4. The summed E-state index contributed by atoms with van der Waals surface area (Å²) in [5.41, 5.74) is 6.27. The third-order valence-electron chi connectivity index (χ3n) is 7.45. The van der Waals surface area contributed by atoms with Crippen molar-refractivity contribution in [1.29, 1.82) is 0 Å². The van der Waals surface area contributed by atoms with Gasteiger partial charge in [-0.1, -0.05) is 91.9 Å². The topological polar surface area (TPSA) is 15.3 Å². The van der Waals surface area contributed by atoms with Gasteiger partial charge < -0.3 is 10.2 Å². The lowest BCUT2D eigenvalue weighted by molar-refractivity contribution is 0.605. The second kappa shape index (κ2) is 11.5. The smallest absolute Gasteiger partial charge is 0.123 e. The first-order valence-electron chi connectivity index (χ1n) is 13.7. The summed E-state index contributed by atoms with van der Waals surface area (Å²) in [5, 5.41) is 5.74. The molecule has 2 nitrogen and oxygen atoms in total. The minimum atomic E-state index is -0.247. The van der Waals surface area contributed by atoms with Gasteiger partial charge in [0, 0.05) is 28.7 Å². The molecular formula is C37H31FN2. The van der Waals surface area contributed by atoms with Gasteiger partial charge in [-0.15, -0.1) is 0 Å². The van der Waals surface area contributed by atoms with Crippen molar-refractivity contribution in [3.05, 3.63) is 158 Å². The second-order valence-corrected chi connectivity index (χ2v) is 10.2. The molecule has 5 aromatic rings. The van der Waals surface area contributed by atoms with Crippen LogP contribution in [-0.4, -0.2) is 0 Å². The van der Waals surface area contributed by atoms with E-state index in [0.717, 1.165) is 39.3 Å². The van der Waals surface area contributed by atoms with Crippen molar-refractivity contribution in [3.8, 4) is 11.1 Å². The van der Waals surface area contributed by atoms with Crippen LogP contribution in [-0.2, 0) is 0 Å². The molecule has 3 heteroatoms. The summed E-state index contributed by atoms with van der Waals surface area (Å²) in [6.07, 6.45) is 12.9. The molecule has 0 spiro atoms. The number of rotatable bonds is 7. The van der Waals surface area contributed by atoms with Crippen LogP contribution >= 0.6 is 0 Å². The average Bonchev–Trinajstić information content (AvgIpc) is 3.00. The molecule has 1 N–H and O–H groups in total. The zero-order valence-corrected chi connectivity index (χ0v) is 22.4. The van der Waals surface area contributed by atoms with Crippen LogP contribution in [0, 0.1) is 17.7 Å². The fourth-order valence-electron chi connectivity index (χ4n) is 5.15. The predicted molar refractivity (Wildman–Crippen MR) is 168 cm³/mol. The molecule has 2 unspecified atom stereocenters. The highest BCUT2D eigenvalue weighted by atomic mass is 19.1. The summed E-state index contributed by atoms with van der Waals surface area (Å²) in [6, 6.07) is 38.4. The average molecular weight is 523 g/mol. The van der Waals surface area contributed by atoms with Gasteiger partial charge in [0.25, 0.3) is 0 Å². The summed E-state index contributed by atoms with van der Waals surface area (Å²) in [5.74, 6) is 0.677. The van der Waals surface area contributed by atoms with E-state index in [-0.39, 0.29) is 5.82 Å². The maximum Gasteiger partial charge on any atom is 0.123 e. The standard InChI is InChI=1S/C37H31FN2/c1-27-6-2-3-7-28(27)24-25-39-34-17-10-30(11-18-34)31-12-19-35(20-13-31)40(36-22-15-33(38)16-23-36)37-21-14-29-8-4-5-9-32(29)26-37/h2-28,39H,1H3/b25-24-. The summed E-state index contributed by atoms with van der Waals surface area (Å²) in [4.78, 5) is 2.16. The lowest BCUT2D eigenvalue weighted by atomic mass is 9.90. The first-order chi connectivity index (χ1) is 19.6. The lowest BCUT2D eigenvalue weighted by Crippen LogP contribution is -2.09. The Bertz CT molecular complexity index is 1680. The van der Waals surface area contributed by atoms with Crippen LogP contribution in [0.4, 0.5) is 27.1 Å². The van der Waals surface area contributed by atoms with Crippen molar-refractivity contribution in [2.75, 3.05) is 10.2 Å². The Balaban J connectivity index is 1.23. The van der Waals surface area contributed by atoms with Crippen LogP contribution in [0.1, 0.15) is 6.92 Å². The molecule has 0 aliphatic heterocycles. The summed E-state index contributed by atoms with van der Waals surface area (Å²) < 4.78 is 13.8. The van der Waals surface area contributed by atoms with E-state index in [2.05, 4.69) is 126 Å². The number of halogens is 1. The normalized spacial score (nSPS) is 16.4. The highest BCUT2D eigenvalue weighted by Crippen LogP contribution is 2.37. The van der Waals surface area contributed by atoms with Crippen LogP contribution < -0.4 is 10.2 Å². The molecule has 0 saturated carbocycles. The van der Waals surface area contributed by atoms with Gasteiger partial charge in [0.15, 0.2) is 0 Å². The first-order valence-corrected chi connectivity index (χ1v) is 13.7. The third kappa shape index (κ3) is 5.60. The van der Waals surface area contributed by atoms with Crippen molar-refractivity contribution in [2.45, 2.75) is 6.92 Å². The minimum absolute atomic E-state index is 0.247. The largest absolute Gasteiger partial charge is 0.362 e. The number of nitrogens with one attached hydrogen (secondary N) is 1. The Morgan fingerprint density at radius 3 is 1.95 bits per heavy atom. The number of hydrogen-bond donors (Lipinski definition) is 1. The monoisotopic (exact) mass is 522 g/mol. The van der Waals surface area contributed by atoms with Crippen molar-refractivity contribution in [2.24, 2.45) is 11.8 Å². The molecule has 196 valence electrons. The minimum Gasteiger partial charge on any atom is -0.362 e. The van der Waals surface area contributed by atoms with Gasteiger partial charge >= 0.3 is 0 Å². The van der Waals surface area contributed by atoms with Gasteiger partial charge in [0.2, 0.25) is 0 Å². The maximum atomic E-state index is 13.8. The molecule has 0 aromatic heterocycles. The van der Waals surface area contributed by atoms with Gasteiger partial charge in [-0.05, 0) is 94.7 Å². The number of benzene rings is 5. The molecule has 1 aliphatic rings. The molecule has 0 heterocycles. The van der Waals surface area contributed by atoms with Gasteiger partial charge in [-0.2, -0.15) is 0 Å². The van der Waals surface area contributed by atoms with Gasteiger partial charge in [-0.25, -0.2) is 4.39 Å². The Morgan fingerprint density at radius 2 is 1.25 bits per heavy atom.